The number of hydrogen-bond acceptors (Lipinski definition) is 8. The molecule has 3 rings (SSSR count). The average molecular weight is 563 g/mol. The lowest BCUT2D eigenvalue weighted by atomic mass is 9.96. The molecule has 0 atom stereocenters. The Balaban J connectivity index is 1.88. The minimum atomic E-state index is -3.49. The van der Waals surface area contributed by atoms with Gasteiger partial charge in [0.05, 0.1) is 48.2 Å². The van der Waals surface area contributed by atoms with Gasteiger partial charge in [-0.3, -0.25) is 9.44 Å². The van der Waals surface area contributed by atoms with Crippen LogP contribution in [0, 0.1) is 29.2 Å². The molecule has 39 heavy (non-hydrogen) atoms. The molecule has 11 nitrogen and oxygen atoms in total. The molecule has 2 N–H and O–H groups in total. The van der Waals surface area contributed by atoms with Gasteiger partial charge in [-0.15, -0.1) is 0 Å². The Morgan fingerprint density at radius 3 is 2.15 bits per heavy atom. The van der Waals surface area contributed by atoms with Crippen LogP contribution in [0.15, 0.2) is 83.9 Å². The van der Waals surface area contributed by atoms with Crippen LogP contribution in [0.5, 0.6) is 5.75 Å². The van der Waals surface area contributed by atoms with E-state index in [4.69, 9.17) is 11.3 Å². The lowest BCUT2D eigenvalue weighted by Gasteiger charge is -2.11. The number of hydrogen-bond donors (Lipinski definition) is 2. The zero-order chi connectivity index (χ0) is 28.8. The molecule has 2 aromatic carbocycles. The molecular weight excluding hydrogens is 540 g/mol. The van der Waals surface area contributed by atoms with Gasteiger partial charge in [-0.2, -0.15) is 5.26 Å². The van der Waals surface area contributed by atoms with Crippen LogP contribution in [0.3, 0.4) is 0 Å². The second-order valence-electron chi connectivity index (χ2n) is 8.20. The van der Waals surface area contributed by atoms with Gasteiger partial charge in [0, 0.05) is 18.3 Å². The fraction of sp³-hybridized carbons (Fsp3) is 0.115. The van der Waals surface area contributed by atoms with Crippen LogP contribution in [0.25, 0.3) is 10.4 Å². The second kappa shape index (κ2) is 11.6. The molecule has 0 amide bonds. The van der Waals surface area contributed by atoms with E-state index in [-0.39, 0.29) is 22.5 Å². The number of benzene rings is 2. The van der Waals surface area contributed by atoms with Crippen molar-refractivity contribution in [1.29, 1.82) is 10.5 Å². The van der Waals surface area contributed by atoms with Gasteiger partial charge >= 0.3 is 0 Å². The zero-order valence-electron chi connectivity index (χ0n) is 21.0. The van der Waals surface area contributed by atoms with Gasteiger partial charge in [-0.25, -0.2) is 26.9 Å². The Labute approximate surface area is 227 Å². The van der Waals surface area contributed by atoms with E-state index >= 15 is 0 Å². The van der Waals surface area contributed by atoms with E-state index in [1.165, 1.54) is 30.3 Å². The molecule has 1 aliphatic rings. The van der Waals surface area contributed by atoms with E-state index in [0.717, 1.165) is 12.5 Å². The van der Waals surface area contributed by atoms with E-state index in [0.29, 0.717) is 28.6 Å². The summed E-state index contributed by atoms with van der Waals surface area (Å²) in [4.78, 5) is 4.96. The Morgan fingerprint density at radius 1 is 0.974 bits per heavy atom. The molecule has 0 aliphatic carbocycles. The first-order chi connectivity index (χ1) is 18.3. The number of nitriles is 2. The van der Waals surface area contributed by atoms with E-state index in [9.17, 15) is 27.4 Å². The monoisotopic (exact) mass is 562 g/mol. The molecule has 2 aromatic rings. The van der Waals surface area contributed by atoms with Crippen LogP contribution >= 0.6 is 0 Å². The fourth-order valence-corrected chi connectivity index (χ4v) is 4.65. The van der Waals surface area contributed by atoms with Crippen molar-refractivity contribution >= 4 is 42.7 Å². The van der Waals surface area contributed by atoms with Crippen LogP contribution in [0.2, 0.25) is 0 Å². The van der Waals surface area contributed by atoms with Gasteiger partial charge in [-0.05, 0) is 48.0 Å². The quantitative estimate of drug-likeness (QED) is 0.278. The Hall–Kier alpha value is -5.03. The van der Waals surface area contributed by atoms with Gasteiger partial charge in [0.2, 0.25) is 20.0 Å². The number of sulfonamides is 2. The fourth-order valence-electron chi connectivity index (χ4n) is 3.53. The number of rotatable bonds is 8. The maximum Gasteiger partial charge on any atom is 0.270 e. The predicted octanol–water partition coefficient (Wildman–Crippen LogP) is 3.96. The van der Waals surface area contributed by atoms with E-state index in [1.54, 1.807) is 54.4 Å². The maximum atomic E-state index is 11.5. The lowest BCUT2D eigenvalue weighted by molar-refractivity contribution is 0.444. The highest BCUT2D eigenvalue weighted by atomic mass is 32.2. The number of ether oxygens (including phenoxy) is 1. The van der Waals surface area contributed by atoms with Crippen molar-refractivity contribution in [2.24, 2.45) is 0 Å². The number of anilines is 3. The summed E-state index contributed by atoms with van der Waals surface area (Å²) in [5.41, 5.74) is 1.55. The van der Waals surface area contributed by atoms with E-state index in [2.05, 4.69) is 14.3 Å². The zero-order valence-corrected chi connectivity index (χ0v) is 22.6. The first kappa shape index (κ1) is 28.5. The molecule has 0 spiro atoms. The molecule has 0 bridgehead atoms. The minimum absolute atomic E-state index is 0.0431. The van der Waals surface area contributed by atoms with Crippen molar-refractivity contribution in [3.63, 3.8) is 0 Å². The molecule has 198 valence electrons. The molecule has 13 heteroatoms. The lowest BCUT2D eigenvalue weighted by Crippen LogP contribution is -2.13. The Kier molecular flexibility index (Phi) is 8.47. The van der Waals surface area contributed by atoms with Crippen molar-refractivity contribution < 1.29 is 21.6 Å². The molecule has 0 unspecified atom stereocenters. The SMILES string of the molecule is [C-]#[N+]\C(C#N)=C(/C(C#N)=C/C=C/C=C1\Oc2ccc(NS(C)(=O)=O)cc2N1C)c1ccc(NS(C)(=O)=O)cc1. The first-order valence-corrected chi connectivity index (χ1v) is 14.8. The molecule has 0 aromatic heterocycles. The number of nitrogens with one attached hydrogen (secondary N) is 2. The molecule has 0 radical (unpaired) electrons. The highest BCUT2D eigenvalue weighted by Crippen LogP contribution is 2.39. The van der Waals surface area contributed by atoms with Crippen molar-refractivity contribution in [3.8, 4) is 17.9 Å². The predicted molar refractivity (Wildman–Crippen MR) is 149 cm³/mol. The summed E-state index contributed by atoms with van der Waals surface area (Å²) < 4.78 is 56.5. The van der Waals surface area contributed by atoms with Crippen LogP contribution in [0.4, 0.5) is 17.1 Å². The average Bonchev–Trinajstić information content (AvgIpc) is 3.16. The second-order valence-corrected chi connectivity index (χ2v) is 11.7. The summed E-state index contributed by atoms with van der Waals surface area (Å²) in [6.07, 6.45) is 8.28. The Bertz CT molecular complexity index is 1750. The molecular formula is C26H22N6O5S2. The van der Waals surface area contributed by atoms with Crippen molar-refractivity contribution in [1.82, 2.24) is 0 Å². The van der Waals surface area contributed by atoms with Gasteiger partial charge in [0.25, 0.3) is 5.70 Å². The van der Waals surface area contributed by atoms with E-state index in [1.807, 2.05) is 6.07 Å². The standard InChI is InChI=1S/C26H22N6O5S2/c1-29-22(17-28)26(18-9-11-20(12-10-18)30-38(3,33)34)19(16-27)7-5-6-8-25-32(2)23-15-21(31-39(4,35)36)13-14-24(23)37-25/h5-15,30-31H,2-4H3/b6-5+,19-7+,25-8-,26-22-. The minimum Gasteiger partial charge on any atom is -0.439 e. The van der Waals surface area contributed by atoms with Crippen molar-refractivity contribution in [2.75, 3.05) is 33.9 Å². The third kappa shape index (κ3) is 7.49. The largest absolute Gasteiger partial charge is 0.439 e. The summed E-state index contributed by atoms with van der Waals surface area (Å²) in [5, 5.41) is 19.3. The highest BCUT2D eigenvalue weighted by molar-refractivity contribution is 7.92. The summed E-state index contributed by atoms with van der Waals surface area (Å²) in [6, 6.07) is 14.6. The molecule has 0 fully saturated rings. The number of allylic oxidation sites excluding steroid dienone is 7. The normalized spacial score (nSPS) is 15.0. The highest BCUT2D eigenvalue weighted by Gasteiger charge is 2.23. The summed E-state index contributed by atoms with van der Waals surface area (Å²) in [5.74, 6) is 0.965. The number of nitrogens with zero attached hydrogens (tertiary/aromatic N) is 4. The van der Waals surface area contributed by atoms with Crippen molar-refractivity contribution in [3.05, 3.63) is 101 Å². The summed E-state index contributed by atoms with van der Waals surface area (Å²) in [6.45, 7) is 7.37. The molecule has 1 aliphatic heterocycles. The maximum absolute atomic E-state index is 11.5. The topological polar surface area (TPSA) is 157 Å². The van der Waals surface area contributed by atoms with Crippen LogP contribution in [-0.4, -0.2) is 36.4 Å². The van der Waals surface area contributed by atoms with Crippen LogP contribution < -0.4 is 19.1 Å². The Morgan fingerprint density at radius 2 is 1.59 bits per heavy atom. The van der Waals surface area contributed by atoms with Crippen LogP contribution in [0.1, 0.15) is 5.56 Å². The van der Waals surface area contributed by atoms with Gasteiger partial charge in [-0.1, -0.05) is 24.3 Å². The van der Waals surface area contributed by atoms with Gasteiger partial charge in [0.1, 0.15) is 0 Å². The summed E-state index contributed by atoms with van der Waals surface area (Å²) in [7, 11) is -5.19. The summed E-state index contributed by atoms with van der Waals surface area (Å²) >= 11 is 0. The third-order valence-corrected chi connectivity index (χ3v) is 6.32. The third-order valence-electron chi connectivity index (χ3n) is 5.10. The molecule has 0 saturated heterocycles. The molecule has 1 heterocycles. The molecule has 0 saturated carbocycles. The number of fused-ring (bicyclic) bond motifs is 1. The first-order valence-electron chi connectivity index (χ1n) is 11.0. The van der Waals surface area contributed by atoms with Gasteiger partial charge < -0.3 is 9.64 Å². The van der Waals surface area contributed by atoms with E-state index < -0.39 is 20.0 Å². The smallest absolute Gasteiger partial charge is 0.270 e. The van der Waals surface area contributed by atoms with Crippen molar-refractivity contribution in [2.45, 2.75) is 0 Å². The van der Waals surface area contributed by atoms with Gasteiger partial charge in [0.15, 0.2) is 11.6 Å². The van der Waals surface area contributed by atoms with Crippen LogP contribution in [-0.2, 0) is 20.0 Å².